The Morgan fingerprint density at radius 2 is 1.93 bits per heavy atom. The number of hydrogen-bond donors (Lipinski definition) is 2. The second-order valence-electron chi connectivity index (χ2n) is 6.20. The lowest BCUT2D eigenvalue weighted by molar-refractivity contribution is -0.384. The third kappa shape index (κ3) is 6.76. The molecule has 11 heteroatoms. The van der Waals surface area contributed by atoms with Crippen molar-refractivity contribution in [3.8, 4) is 12.3 Å². The van der Waals surface area contributed by atoms with Gasteiger partial charge in [-0.15, -0.1) is 6.42 Å². The van der Waals surface area contributed by atoms with Gasteiger partial charge in [-0.25, -0.2) is 8.42 Å². The summed E-state index contributed by atoms with van der Waals surface area (Å²) in [6, 6.07) is 3.25. The number of nitro groups is 1. The minimum Gasteiger partial charge on any atom is -0.454 e. The maximum Gasteiger partial charge on any atom is 0.325 e. The van der Waals surface area contributed by atoms with Crippen LogP contribution in [-0.2, 0) is 24.2 Å². The number of nitrogens with one attached hydrogen (secondary N) is 2. The van der Waals surface area contributed by atoms with Crippen molar-refractivity contribution < 1.29 is 27.7 Å². The predicted octanol–water partition coefficient (Wildman–Crippen LogP) is 1.26. The topological polar surface area (TPSA) is 145 Å². The van der Waals surface area contributed by atoms with Crippen LogP contribution in [0.25, 0.3) is 0 Å². The molecule has 0 atom stereocenters. The molecule has 0 heterocycles. The molecule has 0 fully saturated rings. The first-order valence-corrected chi connectivity index (χ1v) is 10.5. The van der Waals surface area contributed by atoms with Gasteiger partial charge >= 0.3 is 5.97 Å². The lowest BCUT2D eigenvalue weighted by atomic mass is 9.94. The number of esters is 1. The molecule has 0 aromatic heterocycles. The lowest BCUT2D eigenvalue weighted by Gasteiger charge is -2.26. The Balaban J connectivity index is 2.70. The number of ether oxygens (including phenoxy) is 1. The summed E-state index contributed by atoms with van der Waals surface area (Å²) in [7, 11) is -3.63. The SMILES string of the molecule is C#CC(CC)(CC)NC(=O)COC(=O)CNc1ccc(S(C)(=O)=O)cc1[N+](=O)[O-]. The third-order valence-corrected chi connectivity index (χ3v) is 5.35. The fourth-order valence-electron chi connectivity index (χ4n) is 2.38. The zero-order valence-corrected chi connectivity index (χ0v) is 17.2. The van der Waals surface area contributed by atoms with Crippen LogP contribution >= 0.6 is 0 Å². The number of hydrogen-bond acceptors (Lipinski definition) is 8. The van der Waals surface area contributed by atoms with Crippen molar-refractivity contribution in [1.29, 1.82) is 0 Å². The maximum atomic E-state index is 11.9. The molecular formula is C18H23N3O7S. The number of anilines is 1. The van der Waals surface area contributed by atoms with Gasteiger partial charge in [0.1, 0.15) is 17.8 Å². The van der Waals surface area contributed by atoms with E-state index in [4.69, 9.17) is 11.2 Å². The molecule has 0 aliphatic carbocycles. The Morgan fingerprint density at radius 3 is 2.41 bits per heavy atom. The number of benzene rings is 1. The molecule has 0 unspecified atom stereocenters. The zero-order chi connectivity index (χ0) is 22.2. The largest absolute Gasteiger partial charge is 0.454 e. The number of nitro benzene ring substituents is 1. The highest BCUT2D eigenvalue weighted by atomic mass is 32.2. The molecule has 1 aromatic rings. The molecule has 1 aromatic carbocycles. The van der Waals surface area contributed by atoms with Gasteiger partial charge in [0.25, 0.3) is 11.6 Å². The average molecular weight is 425 g/mol. The quantitative estimate of drug-likeness (QED) is 0.247. The van der Waals surface area contributed by atoms with Crippen molar-refractivity contribution in [2.45, 2.75) is 37.1 Å². The van der Waals surface area contributed by atoms with Crippen molar-refractivity contribution in [1.82, 2.24) is 5.32 Å². The van der Waals surface area contributed by atoms with E-state index in [-0.39, 0.29) is 10.6 Å². The number of terminal acetylenes is 1. The van der Waals surface area contributed by atoms with Gasteiger partial charge in [-0.1, -0.05) is 19.8 Å². The van der Waals surface area contributed by atoms with Crippen LogP contribution < -0.4 is 10.6 Å². The first kappa shape index (κ1) is 23.9. The van der Waals surface area contributed by atoms with Gasteiger partial charge in [-0.2, -0.15) is 0 Å². The second kappa shape index (κ2) is 9.88. The summed E-state index contributed by atoms with van der Waals surface area (Å²) in [6.07, 6.45) is 7.39. The van der Waals surface area contributed by atoms with Crippen LogP contribution in [0, 0.1) is 22.5 Å². The summed E-state index contributed by atoms with van der Waals surface area (Å²) >= 11 is 0. The summed E-state index contributed by atoms with van der Waals surface area (Å²) in [6.45, 7) is 2.62. The van der Waals surface area contributed by atoms with Crippen LogP contribution in [0.3, 0.4) is 0 Å². The monoisotopic (exact) mass is 425 g/mol. The molecule has 0 bridgehead atoms. The van der Waals surface area contributed by atoms with E-state index in [0.29, 0.717) is 12.8 Å². The van der Waals surface area contributed by atoms with Gasteiger partial charge in [0.2, 0.25) is 0 Å². The number of nitrogens with zero attached hydrogens (tertiary/aromatic N) is 1. The van der Waals surface area contributed by atoms with Crippen molar-refractivity contribution >= 4 is 33.1 Å². The molecular weight excluding hydrogens is 402 g/mol. The molecule has 0 saturated carbocycles. The Hall–Kier alpha value is -3.13. The number of carbonyl (C=O) groups is 2. The van der Waals surface area contributed by atoms with Crippen molar-refractivity contribution in [3.63, 3.8) is 0 Å². The van der Waals surface area contributed by atoms with Crippen LogP contribution in [-0.4, -0.2) is 50.2 Å². The number of carbonyl (C=O) groups excluding carboxylic acids is 2. The van der Waals surface area contributed by atoms with E-state index < -0.39 is 51.0 Å². The van der Waals surface area contributed by atoms with E-state index in [1.807, 2.05) is 13.8 Å². The van der Waals surface area contributed by atoms with Gasteiger partial charge < -0.3 is 15.4 Å². The Kier molecular flexibility index (Phi) is 8.15. The minimum atomic E-state index is -3.63. The maximum absolute atomic E-state index is 11.9. The van der Waals surface area contributed by atoms with Crippen LogP contribution in [0.4, 0.5) is 11.4 Å². The van der Waals surface area contributed by atoms with E-state index in [2.05, 4.69) is 16.6 Å². The van der Waals surface area contributed by atoms with Crippen molar-refractivity contribution in [3.05, 3.63) is 28.3 Å². The first-order valence-electron chi connectivity index (χ1n) is 8.64. The number of amides is 1. The predicted molar refractivity (Wildman–Crippen MR) is 106 cm³/mol. The fraction of sp³-hybridized carbons (Fsp3) is 0.444. The zero-order valence-electron chi connectivity index (χ0n) is 16.4. The van der Waals surface area contributed by atoms with Crippen LogP contribution in [0.5, 0.6) is 0 Å². The molecule has 10 nitrogen and oxygen atoms in total. The Bertz CT molecular complexity index is 931. The number of sulfone groups is 1. The summed E-state index contributed by atoms with van der Waals surface area (Å²) in [5.41, 5.74) is -1.39. The van der Waals surface area contributed by atoms with E-state index in [1.54, 1.807) is 0 Å². The van der Waals surface area contributed by atoms with Crippen LogP contribution in [0.15, 0.2) is 23.1 Å². The third-order valence-electron chi connectivity index (χ3n) is 4.24. The highest BCUT2D eigenvalue weighted by Crippen LogP contribution is 2.27. The van der Waals surface area contributed by atoms with Gasteiger partial charge in [0.15, 0.2) is 16.4 Å². The molecule has 0 spiro atoms. The van der Waals surface area contributed by atoms with Crippen molar-refractivity contribution in [2.75, 3.05) is 24.7 Å². The van der Waals surface area contributed by atoms with E-state index in [1.165, 1.54) is 12.1 Å². The van der Waals surface area contributed by atoms with Gasteiger partial charge in [-0.3, -0.25) is 19.7 Å². The van der Waals surface area contributed by atoms with Gasteiger partial charge in [-0.05, 0) is 25.0 Å². The molecule has 0 aliphatic rings. The highest BCUT2D eigenvalue weighted by molar-refractivity contribution is 7.90. The van der Waals surface area contributed by atoms with Gasteiger partial charge in [0.05, 0.1) is 9.82 Å². The Morgan fingerprint density at radius 1 is 1.31 bits per heavy atom. The smallest absolute Gasteiger partial charge is 0.325 e. The van der Waals surface area contributed by atoms with Gasteiger partial charge in [0, 0.05) is 12.3 Å². The average Bonchev–Trinajstić information content (AvgIpc) is 2.68. The molecule has 158 valence electrons. The summed E-state index contributed by atoms with van der Waals surface area (Å²) in [4.78, 5) is 33.9. The molecule has 1 amide bonds. The molecule has 2 N–H and O–H groups in total. The first-order chi connectivity index (χ1) is 13.5. The summed E-state index contributed by atoms with van der Waals surface area (Å²) in [5.74, 6) is 1.12. The van der Waals surface area contributed by atoms with E-state index in [0.717, 1.165) is 12.3 Å². The normalized spacial score (nSPS) is 11.2. The Labute approximate surface area is 169 Å². The highest BCUT2D eigenvalue weighted by Gasteiger charge is 2.25. The standard InChI is InChI=1S/C18H23N3O7S/c1-5-18(6-2,7-3)20-16(22)12-28-17(23)11-19-14-9-8-13(29(4,26)27)10-15(14)21(24)25/h1,8-10,19H,6-7,11-12H2,2-4H3,(H,20,22). The number of rotatable bonds is 10. The van der Waals surface area contributed by atoms with Crippen LogP contribution in [0.2, 0.25) is 0 Å². The lowest BCUT2D eigenvalue weighted by Crippen LogP contribution is -2.48. The molecule has 0 saturated heterocycles. The minimum absolute atomic E-state index is 0.0629. The van der Waals surface area contributed by atoms with Crippen LogP contribution in [0.1, 0.15) is 26.7 Å². The fourth-order valence-corrected chi connectivity index (χ4v) is 3.02. The second-order valence-corrected chi connectivity index (χ2v) is 8.22. The molecule has 29 heavy (non-hydrogen) atoms. The molecule has 1 rings (SSSR count). The van der Waals surface area contributed by atoms with E-state index in [9.17, 15) is 28.1 Å². The molecule has 0 radical (unpaired) electrons. The van der Waals surface area contributed by atoms with E-state index >= 15 is 0 Å². The molecule has 0 aliphatic heterocycles. The van der Waals surface area contributed by atoms with Crippen molar-refractivity contribution in [2.24, 2.45) is 0 Å². The summed E-state index contributed by atoms with van der Waals surface area (Å²) < 4.78 is 27.9. The summed E-state index contributed by atoms with van der Waals surface area (Å²) in [5, 5.41) is 16.3.